The molecule has 1 aliphatic rings. The van der Waals surface area contributed by atoms with Crippen molar-refractivity contribution in [2.75, 3.05) is 32.3 Å². The summed E-state index contributed by atoms with van der Waals surface area (Å²) in [6.45, 7) is 8.53. The SMILES string of the molecule is Cc1ccccc1-c1cc(CN(C)[C@@H](COCCC(C)C)CC2CCCCC2)ccc1C(=O)N[C@@H](CCS(C)(=O)=O)C(=O)O. The lowest BCUT2D eigenvalue weighted by atomic mass is 9.84. The van der Waals surface area contributed by atoms with Crippen LogP contribution in [0.1, 0.15) is 86.7 Å². The van der Waals surface area contributed by atoms with Gasteiger partial charge in [0, 0.05) is 31.0 Å². The van der Waals surface area contributed by atoms with Crippen LogP contribution in [-0.4, -0.2) is 74.7 Å². The molecule has 244 valence electrons. The third-order valence-corrected chi connectivity index (χ3v) is 9.66. The number of benzene rings is 2. The second kappa shape index (κ2) is 17.1. The monoisotopic (exact) mass is 628 g/mol. The molecule has 1 fully saturated rings. The quantitative estimate of drug-likeness (QED) is 0.203. The number of ether oxygens (including phenoxy) is 1. The van der Waals surface area contributed by atoms with Gasteiger partial charge in [-0.1, -0.05) is 76.3 Å². The number of aliphatic carboxylic acids is 1. The van der Waals surface area contributed by atoms with Crippen LogP contribution in [0.2, 0.25) is 0 Å². The zero-order valence-electron chi connectivity index (χ0n) is 27.2. The van der Waals surface area contributed by atoms with E-state index in [1.165, 1.54) is 32.1 Å². The van der Waals surface area contributed by atoms with Gasteiger partial charge in [-0.2, -0.15) is 0 Å². The number of sulfone groups is 1. The molecule has 0 bridgehead atoms. The zero-order valence-corrected chi connectivity index (χ0v) is 28.0. The van der Waals surface area contributed by atoms with Crippen LogP contribution in [0, 0.1) is 18.8 Å². The summed E-state index contributed by atoms with van der Waals surface area (Å²) in [7, 11) is -1.24. The van der Waals surface area contributed by atoms with Gasteiger partial charge in [-0.05, 0) is 79.5 Å². The Balaban J connectivity index is 1.86. The molecule has 0 spiro atoms. The van der Waals surface area contributed by atoms with Crippen LogP contribution in [-0.2, 0) is 25.9 Å². The van der Waals surface area contributed by atoms with Crippen molar-refractivity contribution >= 4 is 21.7 Å². The number of hydrogen-bond donors (Lipinski definition) is 2. The topological polar surface area (TPSA) is 113 Å². The number of likely N-dealkylation sites (N-methyl/N-ethyl adjacent to an activating group) is 1. The smallest absolute Gasteiger partial charge is 0.326 e. The molecule has 44 heavy (non-hydrogen) atoms. The van der Waals surface area contributed by atoms with Crippen molar-refractivity contribution in [3.05, 3.63) is 59.2 Å². The maximum Gasteiger partial charge on any atom is 0.326 e. The number of amides is 1. The number of nitrogens with zero attached hydrogens (tertiary/aromatic N) is 1. The third-order valence-electron chi connectivity index (χ3n) is 8.68. The van der Waals surface area contributed by atoms with Gasteiger partial charge in [0.25, 0.3) is 5.91 Å². The minimum Gasteiger partial charge on any atom is -0.480 e. The van der Waals surface area contributed by atoms with Gasteiger partial charge >= 0.3 is 5.97 Å². The van der Waals surface area contributed by atoms with Crippen LogP contribution in [0.4, 0.5) is 0 Å². The Kier molecular flexibility index (Phi) is 13.9. The van der Waals surface area contributed by atoms with E-state index < -0.39 is 27.8 Å². The number of carboxylic acid groups (broad SMARTS) is 1. The van der Waals surface area contributed by atoms with Crippen LogP contribution in [0.15, 0.2) is 42.5 Å². The van der Waals surface area contributed by atoms with E-state index in [2.05, 4.69) is 31.1 Å². The number of aryl methyl sites for hydroxylation is 1. The lowest BCUT2D eigenvalue weighted by Crippen LogP contribution is -2.42. The number of hydrogen-bond acceptors (Lipinski definition) is 6. The van der Waals surface area contributed by atoms with Gasteiger partial charge < -0.3 is 15.2 Å². The van der Waals surface area contributed by atoms with Crippen molar-refractivity contribution in [1.82, 2.24) is 10.2 Å². The van der Waals surface area contributed by atoms with Gasteiger partial charge in [0.15, 0.2) is 0 Å². The Morgan fingerprint density at radius 3 is 2.39 bits per heavy atom. The summed E-state index contributed by atoms with van der Waals surface area (Å²) in [5.41, 5.74) is 4.00. The molecule has 0 aliphatic heterocycles. The standard InChI is InChI=1S/C35H52N2O6S/c1-25(2)17-19-43-24-29(21-27-12-7-6-8-13-27)37(4)23-28-15-16-31(32(22-28)30-14-10-9-11-26(30)3)34(38)36-33(35(39)40)18-20-44(5,41)42/h9-11,14-16,22,25,27,29,33H,6-8,12-13,17-21,23-24H2,1-5H3,(H,36,38)(H,39,40)/t29-,33+/m1/s1. The summed E-state index contributed by atoms with van der Waals surface area (Å²) in [6.07, 6.45) is 9.48. The van der Waals surface area contributed by atoms with E-state index in [1.54, 1.807) is 6.07 Å². The fourth-order valence-corrected chi connectivity index (χ4v) is 6.61. The van der Waals surface area contributed by atoms with Crippen LogP contribution in [0.5, 0.6) is 0 Å². The molecule has 0 aromatic heterocycles. The summed E-state index contributed by atoms with van der Waals surface area (Å²) in [5.74, 6) is -0.826. The molecule has 0 unspecified atom stereocenters. The van der Waals surface area contributed by atoms with E-state index in [0.717, 1.165) is 48.0 Å². The van der Waals surface area contributed by atoms with Gasteiger partial charge in [-0.15, -0.1) is 0 Å². The summed E-state index contributed by atoms with van der Waals surface area (Å²) in [5, 5.41) is 12.3. The predicted octanol–water partition coefficient (Wildman–Crippen LogP) is 6.11. The van der Waals surface area contributed by atoms with E-state index in [-0.39, 0.29) is 18.2 Å². The molecule has 0 heterocycles. The normalized spacial score (nSPS) is 15.8. The first-order chi connectivity index (χ1) is 20.8. The number of carbonyl (C=O) groups excluding carboxylic acids is 1. The highest BCUT2D eigenvalue weighted by Crippen LogP contribution is 2.31. The second-order valence-corrected chi connectivity index (χ2v) is 15.3. The highest BCUT2D eigenvalue weighted by atomic mass is 32.2. The number of carboxylic acids is 1. The van der Waals surface area contributed by atoms with Crippen LogP contribution < -0.4 is 5.32 Å². The Morgan fingerprint density at radius 1 is 1.05 bits per heavy atom. The fraction of sp³-hybridized carbons (Fsp3) is 0.600. The van der Waals surface area contributed by atoms with Gasteiger partial charge in [0.2, 0.25) is 0 Å². The molecule has 1 aliphatic carbocycles. The average Bonchev–Trinajstić information content (AvgIpc) is 2.96. The first-order valence-electron chi connectivity index (χ1n) is 16.0. The highest BCUT2D eigenvalue weighted by molar-refractivity contribution is 7.90. The van der Waals surface area contributed by atoms with E-state index in [1.807, 2.05) is 43.3 Å². The van der Waals surface area contributed by atoms with Gasteiger partial charge in [0.1, 0.15) is 15.9 Å². The van der Waals surface area contributed by atoms with Gasteiger partial charge in [-0.25, -0.2) is 13.2 Å². The Labute approximate surface area is 264 Å². The summed E-state index contributed by atoms with van der Waals surface area (Å²) >= 11 is 0. The Bertz CT molecular complexity index is 1340. The van der Waals surface area contributed by atoms with E-state index >= 15 is 0 Å². The molecule has 1 saturated carbocycles. The average molecular weight is 629 g/mol. The molecule has 2 N–H and O–H groups in total. The number of carbonyl (C=O) groups is 2. The molecule has 0 saturated heterocycles. The van der Waals surface area contributed by atoms with E-state index in [4.69, 9.17) is 4.74 Å². The number of nitrogens with one attached hydrogen (secondary N) is 1. The fourth-order valence-electron chi connectivity index (χ4n) is 5.95. The molecule has 9 heteroatoms. The molecule has 2 atom stereocenters. The molecule has 2 aromatic rings. The molecular weight excluding hydrogens is 576 g/mol. The Hall–Kier alpha value is -2.75. The summed E-state index contributed by atoms with van der Waals surface area (Å²) in [4.78, 5) is 27.7. The molecular formula is C35H52N2O6S. The lowest BCUT2D eigenvalue weighted by Gasteiger charge is -2.33. The first kappa shape index (κ1) is 35.7. The molecule has 8 nitrogen and oxygen atoms in total. The lowest BCUT2D eigenvalue weighted by molar-refractivity contribution is -0.139. The van der Waals surface area contributed by atoms with Crippen molar-refractivity contribution in [2.45, 2.75) is 90.8 Å². The molecule has 0 radical (unpaired) electrons. The summed E-state index contributed by atoms with van der Waals surface area (Å²) in [6, 6.07) is 12.5. The Morgan fingerprint density at radius 2 is 1.75 bits per heavy atom. The van der Waals surface area contributed by atoms with Crippen LogP contribution >= 0.6 is 0 Å². The van der Waals surface area contributed by atoms with Crippen molar-refractivity contribution < 1.29 is 27.9 Å². The van der Waals surface area contributed by atoms with Gasteiger partial charge in [-0.3, -0.25) is 9.69 Å². The maximum absolute atomic E-state index is 13.5. The van der Waals surface area contributed by atoms with Crippen LogP contribution in [0.25, 0.3) is 11.1 Å². The van der Waals surface area contributed by atoms with Crippen molar-refractivity contribution in [2.24, 2.45) is 11.8 Å². The van der Waals surface area contributed by atoms with Crippen molar-refractivity contribution in [3.63, 3.8) is 0 Å². The highest BCUT2D eigenvalue weighted by Gasteiger charge is 2.26. The second-order valence-electron chi connectivity index (χ2n) is 13.0. The first-order valence-corrected chi connectivity index (χ1v) is 18.1. The molecule has 2 aromatic carbocycles. The van der Waals surface area contributed by atoms with Crippen LogP contribution in [0.3, 0.4) is 0 Å². The van der Waals surface area contributed by atoms with Crippen molar-refractivity contribution in [3.8, 4) is 11.1 Å². The maximum atomic E-state index is 13.5. The summed E-state index contributed by atoms with van der Waals surface area (Å²) < 4.78 is 29.5. The van der Waals surface area contributed by atoms with E-state index in [0.29, 0.717) is 30.6 Å². The largest absolute Gasteiger partial charge is 0.480 e. The minimum absolute atomic E-state index is 0.204. The molecule has 1 amide bonds. The predicted molar refractivity (Wildman–Crippen MR) is 177 cm³/mol. The molecule has 3 rings (SSSR count). The zero-order chi connectivity index (χ0) is 32.3. The van der Waals surface area contributed by atoms with Crippen molar-refractivity contribution in [1.29, 1.82) is 0 Å². The minimum atomic E-state index is -3.38. The van der Waals surface area contributed by atoms with E-state index in [9.17, 15) is 23.1 Å². The third kappa shape index (κ3) is 11.6. The van der Waals surface area contributed by atoms with Gasteiger partial charge in [0.05, 0.1) is 12.4 Å². The number of rotatable bonds is 17.